The van der Waals surface area contributed by atoms with Crippen LogP contribution in [0.15, 0.2) is 53.6 Å². The molecule has 2 aromatic rings. The van der Waals surface area contributed by atoms with Crippen LogP contribution in [0.25, 0.3) is 0 Å². The van der Waals surface area contributed by atoms with E-state index in [1.165, 1.54) is 5.01 Å². The SMILES string of the molecule is COc1ccc(C2=NN(C(=O)CN(C)C(=O)C3CCCC3)[C@@H](c3ccc(Cl)cc3)C2)cc1. The third-order valence-electron chi connectivity index (χ3n) is 6.30. The first-order valence-corrected chi connectivity index (χ1v) is 11.4. The fourth-order valence-electron chi connectivity index (χ4n) is 4.48. The maximum atomic E-state index is 13.3. The second-order valence-corrected chi connectivity index (χ2v) is 8.90. The van der Waals surface area contributed by atoms with E-state index in [1.807, 2.05) is 48.5 Å². The fourth-order valence-corrected chi connectivity index (χ4v) is 4.61. The van der Waals surface area contributed by atoms with Crippen LogP contribution in [0.2, 0.25) is 5.02 Å². The Hall–Kier alpha value is -2.86. The van der Waals surface area contributed by atoms with Crippen molar-refractivity contribution in [1.29, 1.82) is 0 Å². The molecule has 0 unspecified atom stereocenters. The molecule has 0 bridgehead atoms. The second kappa shape index (κ2) is 9.74. The smallest absolute Gasteiger partial charge is 0.262 e. The normalized spacial score (nSPS) is 18.5. The van der Waals surface area contributed by atoms with Crippen molar-refractivity contribution in [1.82, 2.24) is 9.91 Å². The molecule has 7 heteroatoms. The Morgan fingerprint density at radius 3 is 2.38 bits per heavy atom. The van der Waals surface area contributed by atoms with Crippen molar-refractivity contribution in [2.75, 3.05) is 20.7 Å². The number of hydrogen-bond acceptors (Lipinski definition) is 4. The van der Waals surface area contributed by atoms with Crippen LogP contribution < -0.4 is 4.74 Å². The molecule has 1 aliphatic heterocycles. The zero-order valence-corrected chi connectivity index (χ0v) is 19.2. The highest BCUT2D eigenvalue weighted by molar-refractivity contribution is 6.30. The number of benzene rings is 2. The quantitative estimate of drug-likeness (QED) is 0.638. The molecule has 2 aromatic carbocycles. The first-order chi connectivity index (χ1) is 15.5. The van der Waals surface area contributed by atoms with Gasteiger partial charge in [0, 0.05) is 24.4 Å². The predicted octanol–water partition coefficient (Wildman–Crippen LogP) is 4.67. The van der Waals surface area contributed by atoms with Gasteiger partial charge in [0.25, 0.3) is 5.91 Å². The summed E-state index contributed by atoms with van der Waals surface area (Å²) in [5.41, 5.74) is 2.72. The Balaban J connectivity index is 1.56. The molecule has 0 radical (unpaired) electrons. The van der Waals surface area contributed by atoms with Crippen molar-refractivity contribution in [2.45, 2.75) is 38.1 Å². The van der Waals surface area contributed by atoms with Gasteiger partial charge < -0.3 is 9.64 Å². The summed E-state index contributed by atoms with van der Waals surface area (Å²) in [6, 6.07) is 14.9. The fraction of sp³-hybridized carbons (Fsp3) is 0.400. The van der Waals surface area contributed by atoms with E-state index in [2.05, 4.69) is 0 Å². The van der Waals surface area contributed by atoms with E-state index in [1.54, 1.807) is 19.1 Å². The zero-order valence-electron chi connectivity index (χ0n) is 18.5. The second-order valence-electron chi connectivity index (χ2n) is 8.46. The summed E-state index contributed by atoms with van der Waals surface area (Å²) in [5, 5.41) is 6.86. The molecule has 1 fully saturated rings. The number of rotatable bonds is 6. The molecule has 32 heavy (non-hydrogen) atoms. The lowest BCUT2D eigenvalue weighted by atomic mass is 9.98. The Morgan fingerprint density at radius 2 is 1.75 bits per heavy atom. The molecule has 4 rings (SSSR count). The third-order valence-corrected chi connectivity index (χ3v) is 6.55. The van der Waals surface area contributed by atoms with Gasteiger partial charge in [-0.05, 0) is 60.4 Å². The largest absolute Gasteiger partial charge is 0.497 e. The predicted molar refractivity (Wildman–Crippen MR) is 125 cm³/mol. The van der Waals surface area contributed by atoms with Crippen molar-refractivity contribution < 1.29 is 14.3 Å². The minimum atomic E-state index is -0.244. The first-order valence-electron chi connectivity index (χ1n) is 11.0. The van der Waals surface area contributed by atoms with Crippen LogP contribution in [-0.4, -0.2) is 48.1 Å². The highest BCUT2D eigenvalue weighted by Gasteiger charge is 2.35. The van der Waals surface area contributed by atoms with Crippen molar-refractivity contribution in [3.63, 3.8) is 0 Å². The van der Waals surface area contributed by atoms with Crippen LogP contribution in [0.5, 0.6) is 5.75 Å². The van der Waals surface area contributed by atoms with E-state index in [4.69, 9.17) is 21.4 Å². The van der Waals surface area contributed by atoms with Gasteiger partial charge in [0.2, 0.25) is 5.91 Å². The summed E-state index contributed by atoms with van der Waals surface area (Å²) in [7, 11) is 3.34. The monoisotopic (exact) mass is 453 g/mol. The van der Waals surface area contributed by atoms with Crippen LogP contribution in [0.1, 0.15) is 49.3 Å². The average Bonchev–Trinajstić information content (AvgIpc) is 3.50. The van der Waals surface area contributed by atoms with Crippen LogP contribution in [0.3, 0.4) is 0 Å². The summed E-state index contributed by atoms with van der Waals surface area (Å²) in [5.74, 6) is 0.665. The van der Waals surface area contributed by atoms with Gasteiger partial charge in [0.05, 0.1) is 18.9 Å². The highest BCUT2D eigenvalue weighted by atomic mass is 35.5. The van der Waals surface area contributed by atoms with Crippen molar-refractivity contribution in [2.24, 2.45) is 11.0 Å². The van der Waals surface area contributed by atoms with Gasteiger partial charge >= 0.3 is 0 Å². The topological polar surface area (TPSA) is 62.2 Å². The minimum Gasteiger partial charge on any atom is -0.497 e. The summed E-state index contributed by atoms with van der Waals surface area (Å²) in [4.78, 5) is 27.6. The summed E-state index contributed by atoms with van der Waals surface area (Å²) < 4.78 is 5.25. The standard InChI is InChI=1S/C25H28ClN3O3/c1-28(25(31)19-5-3-4-6-19)16-24(30)29-23(18-7-11-20(26)12-8-18)15-22(27-29)17-9-13-21(32-2)14-10-17/h7-14,19,23H,3-6,15-16H2,1-2H3/t23-/m1/s1. The Labute approximate surface area is 193 Å². The van der Waals surface area contributed by atoms with Gasteiger partial charge in [0.15, 0.2) is 0 Å². The van der Waals surface area contributed by atoms with Gasteiger partial charge in [-0.15, -0.1) is 0 Å². The molecule has 168 valence electrons. The van der Waals surface area contributed by atoms with Crippen molar-refractivity contribution >= 4 is 29.1 Å². The molecule has 0 saturated heterocycles. The number of likely N-dealkylation sites (N-methyl/N-ethyl adjacent to an activating group) is 1. The number of methoxy groups -OCH3 is 1. The lowest BCUT2D eigenvalue weighted by Gasteiger charge is -2.26. The molecule has 1 atom stereocenters. The van der Waals surface area contributed by atoms with Gasteiger partial charge in [-0.1, -0.05) is 36.6 Å². The van der Waals surface area contributed by atoms with Gasteiger partial charge in [-0.2, -0.15) is 5.10 Å². The number of ether oxygens (including phenoxy) is 1. The molecular formula is C25H28ClN3O3. The molecular weight excluding hydrogens is 426 g/mol. The number of hydrogen-bond donors (Lipinski definition) is 0. The van der Waals surface area contributed by atoms with Gasteiger partial charge in [-0.3, -0.25) is 9.59 Å². The van der Waals surface area contributed by atoms with Gasteiger partial charge in [0.1, 0.15) is 12.3 Å². The van der Waals surface area contributed by atoms with E-state index < -0.39 is 0 Å². The Kier molecular flexibility index (Phi) is 6.80. The van der Waals surface area contributed by atoms with Crippen LogP contribution >= 0.6 is 11.6 Å². The first kappa shape index (κ1) is 22.3. The molecule has 1 aliphatic carbocycles. The van der Waals surface area contributed by atoms with E-state index in [0.717, 1.165) is 48.3 Å². The summed E-state index contributed by atoms with van der Waals surface area (Å²) in [6.45, 7) is 0.0127. The van der Waals surface area contributed by atoms with Crippen molar-refractivity contribution in [3.05, 3.63) is 64.7 Å². The molecule has 6 nitrogen and oxygen atoms in total. The van der Waals surface area contributed by atoms with E-state index in [9.17, 15) is 9.59 Å². The number of carbonyl (C=O) groups excluding carboxylic acids is 2. The Morgan fingerprint density at radius 1 is 1.09 bits per heavy atom. The van der Waals surface area contributed by atoms with E-state index in [0.29, 0.717) is 11.4 Å². The van der Waals surface area contributed by atoms with Gasteiger partial charge in [-0.25, -0.2) is 5.01 Å². The number of amides is 2. The zero-order chi connectivity index (χ0) is 22.7. The maximum Gasteiger partial charge on any atom is 0.262 e. The molecule has 0 spiro atoms. The highest BCUT2D eigenvalue weighted by Crippen LogP contribution is 2.34. The number of nitrogens with zero attached hydrogens (tertiary/aromatic N) is 3. The maximum absolute atomic E-state index is 13.3. The molecule has 0 aromatic heterocycles. The lowest BCUT2D eigenvalue weighted by Crippen LogP contribution is -2.41. The third kappa shape index (κ3) is 4.80. The van der Waals surface area contributed by atoms with Crippen molar-refractivity contribution in [3.8, 4) is 5.75 Å². The minimum absolute atomic E-state index is 0.0127. The van der Waals surface area contributed by atoms with Crippen LogP contribution in [0, 0.1) is 5.92 Å². The molecule has 0 N–H and O–H groups in total. The molecule has 2 amide bonds. The van der Waals surface area contributed by atoms with E-state index >= 15 is 0 Å². The number of halogens is 1. The number of carbonyl (C=O) groups is 2. The molecule has 1 heterocycles. The Bertz CT molecular complexity index is 998. The average molecular weight is 454 g/mol. The van der Waals surface area contributed by atoms with Crippen LogP contribution in [-0.2, 0) is 9.59 Å². The lowest BCUT2D eigenvalue weighted by molar-refractivity contribution is -0.142. The van der Waals surface area contributed by atoms with E-state index in [-0.39, 0.29) is 30.3 Å². The van der Waals surface area contributed by atoms with Crippen LogP contribution in [0.4, 0.5) is 0 Å². The molecule has 1 saturated carbocycles. The molecule has 2 aliphatic rings. The summed E-state index contributed by atoms with van der Waals surface area (Å²) in [6.07, 6.45) is 4.57. The number of hydrazone groups is 1. The summed E-state index contributed by atoms with van der Waals surface area (Å²) >= 11 is 6.07.